The Labute approximate surface area is 122 Å². The minimum Gasteiger partial charge on any atom is -0.323 e. The Morgan fingerprint density at radius 2 is 2.20 bits per heavy atom. The van der Waals surface area contributed by atoms with Crippen molar-refractivity contribution in [2.75, 3.05) is 12.4 Å². The van der Waals surface area contributed by atoms with Gasteiger partial charge in [-0.15, -0.1) is 0 Å². The normalized spacial score (nSPS) is 12.2. The monoisotopic (exact) mass is 292 g/mol. The van der Waals surface area contributed by atoms with Gasteiger partial charge >= 0.3 is 0 Å². The Balaban J connectivity index is 2.17. The van der Waals surface area contributed by atoms with Crippen LogP contribution >= 0.6 is 11.6 Å². The Kier molecular flexibility index (Phi) is 4.42. The van der Waals surface area contributed by atoms with Crippen molar-refractivity contribution in [2.45, 2.75) is 13.0 Å². The van der Waals surface area contributed by atoms with E-state index in [9.17, 15) is 4.79 Å². The molecule has 20 heavy (non-hydrogen) atoms. The highest BCUT2D eigenvalue weighted by Crippen LogP contribution is 2.24. The summed E-state index contributed by atoms with van der Waals surface area (Å²) in [4.78, 5) is 12.3. The lowest BCUT2D eigenvalue weighted by Gasteiger charge is -2.15. The van der Waals surface area contributed by atoms with E-state index in [2.05, 4.69) is 15.7 Å². The fourth-order valence-corrected chi connectivity index (χ4v) is 2.25. The second-order valence-electron chi connectivity index (χ2n) is 4.64. The molecule has 0 saturated heterocycles. The maximum Gasteiger partial charge on any atom is 0.246 e. The Hall–Kier alpha value is -1.85. The van der Waals surface area contributed by atoms with E-state index in [-0.39, 0.29) is 5.91 Å². The maximum atomic E-state index is 12.3. The quantitative estimate of drug-likeness (QED) is 0.909. The largest absolute Gasteiger partial charge is 0.323 e. The molecule has 1 aromatic heterocycles. The molecule has 1 amide bonds. The molecule has 0 aliphatic rings. The molecule has 0 aliphatic carbocycles. The number of carbonyl (C=O) groups excluding carboxylic acids is 1. The first kappa shape index (κ1) is 14.6. The fourth-order valence-electron chi connectivity index (χ4n) is 1.96. The van der Waals surface area contributed by atoms with Crippen molar-refractivity contribution in [3.63, 3.8) is 0 Å². The molecule has 2 N–H and O–H groups in total. The number of anilines is 1. The third-order valence-corrected chi connectivity index (χ3v) is 3.30. The summed E-state index contributed by atoms with van der Waals surface area (Å²) in [6.45, 7) is 1.95. The molecule has 0 aliphatic heterocycles. The van der Waals surface area contributed by atoms with Crippen LogP contribution < -0.4 is 10.6 Å². The van der Waals surface area contributed by atoms with Crippen LogP contribution in [0.5, 0.6) is 0 Å². The number of aryl methyl sites for hydroxylation is 2. The van der Waals surface area contributed by atoms with Crippen molar-refractivity contribution < 1.29 is 4.79 Å². The number of benzene rings is 1. The van der Waals surface area contributed by atoms with Crippen LogP contribution in [0.1, 0.15) is 17.2 Å². The summed E-state index contributed by atoms with van der Waals surface area (Å²) < 4.78 is 1.66. The molecular formula is C14H17ClN4O. The molecule has 5 nitrogen and oxygen atoms in total. The highest BCUT2D eigenvalue weighted by Gasteiger charge is 2.20. The average Bonchev–Trinajstić information content (AvgIpc) is 2.80. The van der Waals surface area contributed by atoms with Gasteiger partial charge in [0.25, 0.3) is 0 Å². The van der Waals surface area contributed by atoms with Crippen LogP contribution in [-0.4, -0.2) is 22.7 Å². The third kappa shape index (κ3) is 3.18. The molecular weight excluding hydrogens is 276 g/mol. The first-order valence-electron chi connectivity index (χ1n) is 6.24. The molecule has 106 valence electrons. The van der Waals surface area contributed by atoms with E-state index in [0.29, 0.717) is 10.7 Å². The predicted molar refractivity (Wildman–Crippen MR) is 79.8 cm³/mol. The van der Waals surface area contributed by atoms with Gasteiger partial charge in [0.1, 0.15) is 6.04 Å². The lowest BCUT2D eigenvalue weighted by Crippen LogP contribution is -2.30. The highest BCUT2D eigenvalue weighted by molar-refractivity contribution is 6.33. The molecule has 1 atom stereocenters. The number of hydrogen-bond acceptors (Lipinski definition) is 3. The van der Waals surface area contributed by atoms with Gasteiger partial charge in [-0.1, -0.05) is 17.7 Å². The van der Waals surface area contributed by atoms with Crippen LogP contribution in [0.25, 0.3) is 0 Å². The van der Waals surface area contributed by atoms with Crippen molar-refractivity contribution in [1.29, 1.82) is 0 Å². The number of hydrogen-bond donors (Lipinski definition) is 2. The van der Waals surface area contributed by atoms with Gasteiger partial charge in [0, 0.05) is 18.8 Å². The Morgan fingerprint density at radius 3 is 2.75 bits per heavy atom. The average molecular weight is 293 g/mol. The molecule has 0 bridgehead atoms. The number of halogens is 1. The summed E-state index contributed by atoms with van der Waals surface area (Å²) >= 11 is 6.12. The first-order valence-corrected chi connectivity index (χ1v) is 6.62. The molecule has 0 radical (unpaired) electrons. The van der Waals surface area contributed by atoms with E-state index < -0.39 is 6.04 Å². The summed E-state index contributed by atoms with van der Waals surface area (Å²) in [7, 11) is 3.54. The molecule has 1 aromatic carbocycles. The van der Waals surface area contributed by atoms with E-state index in [1.54, 1.807) is 30.2 Å². The number of nitrogens with zero attached hydrogens (tertiary/aromatic N) is 2. The lowest BCUT2D eigenvalue weighted by molar-refractivity contribution is -0.118. The summed E-state index contributed by atoms with van der Waals surface area (Å²) in [5.74, 6) is -0.175. The van der Waals surface area contributed by atoms with Gasteiger partial charge in [-0.2, -0.15) is 5.10 Å². The minimum atomic E-state index is -0.471. The van der Waals surface area contributed by atoms with Crippen LogP contribution in [-0.2, 0) is 11.8 Å². The molecule has 6 heteroatoms. The molecule has 1 heterocycles. The topological polar surface area (TPSA) is 59.0 Å². The SMILES string of the molecule is CNC(C(=O)Nc1ccc(C)cc1Cl)c1cnn(C)c1. The third-order valence-electron chi connectivity index (χ3n) is 2.99. The van der Waals surface area contributed by atoms with Crippen LogP contribution in [0, 0.1) is 6.92 Å². The standard InChI is InChI=1S/C14H17ClN4O/c1-9-4-5-12(11(15)6-9)18-14(20)13(16-2)10-7-17-19(3)8-10/h4-8,13,16H,1-3H3,(H,18,20). The molecule has 2 rings (SSSR count). The van der Waals surface area contributed by atoms with Gasteiger partial charge in [0.15, 0.2) is 0 Å². The minimum absolute atomic E-state index is 0.175. The van der Waals surface area contributed by atoms with Crippen molar-refractivity contribution >= 4 is 23.2 Å². The van der Waals surface area contributed by atoms with Gasteiger partial charge < -0.3 is 10.6 Å². The zero-order valence-corrected chi connectivity index (χ0v) is 12.4. The van der Waals surface area contributed by atoms with Crippen molar-refractivity contribution in [3.05, 3.63) is 46.7 Å². The smallest absolute Gasteiger partial charge is 0.246 e. The maximum absolute atomic E-state index is 12.3. The zero-order chi connectivity index (χ0) is 14.7. The molecule has 0 spiro atoms. The van der Waals surface area contributed by atoms with E-state index in [1.165, 1.54) is 0 Å². The van der Waals surface area contributed by atoms with Gasteiger partial charge in [-0.3, -0.25) is 9.48 Å². The highest BCUT2D eigenvalue weighted by atomic mass is 35.5. The van der Waals surface area contributed by atoms with Crippen LogP contribution in [0.3, 0.4) is 0 Å². The summed E-state index contributed by atoms with van der Waals surface area (Å²) in [5.41, 5.74) is 2.45. The Bertz CT molecular complexity index is 623. The fraction of sp³-hybridized carbons (Fsp3) is 0.286. The number of carbonyl (C=O) groups is 1. The van der Waals surface area contributed by atoms with Crippen LogP contribution in [0.15, 0.2) is 30.6 Å². The summed E-state index contributed by atoms with van der Waals surface area (Å²) in [6, 6.07) is 5.04. The van der Waals surface area contributed by atoms with Gasteiger partial charge in [0.05, 0.1) is 16.9 Å². The van der Waals surface area contributed by atoms with Gasteiger partial charge in [-0.25, -0.2) is 0 Å². The molecule has 1 unspecified atom stereocenters. The number of nitrogens with one attached hydrogen (secondary N) is 2. The van der Waals surface area contributed by atoms with E-state index >= 15 is 0 Å². The zero-order valence-electron chi connectivity index (χ0n) is 11.6. The number of amides is 1. The van der Waals surface area contributed by atoms with Crippen molar-refractivity contribution in [3.8, 4) is 0 Å². The predicted octanol–water partition coefficient (Wildman–Crippen LogP) is 2.28. The first-order chi connectivity index (χ1) is 9.51. The van der Waals surface area contributed by atoms with E-state index in [0.717, 1.165) is 11.1 Å². The molecule has 0 fully saturated rings. The lowest BCUT2D eigenvalue weighted by atomic mass is 10.1. The van der Waals surface area contributed by atoms with Crippen molar-refractivity contribution in [1.82, 2.24) is 15.1 Å². The Morgan fingerprint density at radius 1 is 1.45 bits per heavy atom. The van der Waals surface area contributed by atoms with Crippen LogP contribution in [0.4, 0.5) is 5.69 Å². The second-order valence-corrected chi connectivity index (χ2v) is 5.05. The molecule has 0 saturated carbocycles. The number of rotatable bonds is 4. The van der Waals surface area contributed by atoms with E-state index in [4.69, 9.17) is 11.6 Å². The number of likely N-dealkylation sites (N-methyl/N-ethyl adjacent to an activating group) is 1. The second kappa shape index (κ2) is 6.07. The molecule has 2 aromatic rings. The summed E-state index contributed by atoms with van der Waals surface area (Å²) in [6.07, 6.45) is 3.47. The van der Waals surface area contributed by atoms with Gasteiger partial charge in [-0.05, 0) is 31.7 Å². The number of aromatic nitrogens is 2. The van der Waals surface area contributed by atoms with E-state index in [1.807, 2.05) is 26.1 Å². The van der Waals surface area contributed by atoms with Crippen LogP contribution in [0.2, 0.25) is 5.02 Å². The van der Waals surface area contributed by atoms with Gasteiger partial charge in [0.2, 0.25) is 5.91 Å². The summed E-state index contributed by atoms with van der Waals surface area (Å²) in [5, 5.41) is 10.4. The van der Waals surface area contributed by atoms with Crippen molar-refractivity contribution in [2.24, 2.45) is 7.05 Å².